The highest BCUT2D eigenvalue weighted by atomic mass is 16.5. The maximum atomic E-state index is 9.85. The van der Waals surface area contributed by atoms with Crippen molar-refractivity contribution in [2.45, 2.75) is 0 Å². The Hall–Kier alpha value is -2.82. The van der Waals surface area contributed by atoms with E-state index in [-0.39, 0.29) is 5.75 Å². The topological polar surface area (TPSA) is 61.1 Å². The fraction of sp³-hybridized carbons (Fsp3) is 0.176. The molecule has 0 radical (unpaired) electrons. The van der Waals surface area contributed by atoms with Gasteiger partial charge in [-0.3, -0.25) is 0 Å². The number of fused-ring (bicyclic) bond motifs is 1. The minimum atomic E-state index is 0.0732. The van der Waals surface area contributed by atoms with Gasteiger partial charge in [-0.15, -0.1) is 0 Å². The lowest BCUT2D eigenvalue weighted by Gasteiger charge is -2.08. The molecule has 1 N–H and O–H groups in total. The van der Waals surface area contributed by atoms with Crippen LogP contribution in [-0.4, -0.2) is 26.4 Å². The summed E-state index contributed by atoms with van der Waals surface area (Å²) in [6, 6.07) is 10.6. The minimum absolute atomic E-state index is 0.0732. The van der Waals surface area contributed by atoms with Crippen molar-refractivity contribution in [2.24, 2.45) is 0 Å². The molecule has 3 aromatic rings. The average Bonchev–Trinajstić information content (AvgIpc) is 2.95. The molecule has 0 fully saturated rings. The third-order valence-corrected chi connectivity index (χ3v) is 3.49. The Morgan fingerprint density at radius 1 is 0.864 bits per heavy atom. The third-order valence-electron chi connectivity index (χ3n) is 3.49. The van der Waals surface area contributed by atoms with Crippen molar-refractivity contribution in [1.29, 1.82) is 0 Å². The number of furan rings is 1. The van der Waals surface area contributed by atoms with Crippen LogP contribution in [0, 0.1) is 0 Å². The van der Waals surface area contributed by atoms with E-state index in [9.17, 15) is 5.11 Å². The van der Waals surface area contributed by atoms with Gasteiger partial charge in [-0.05, 0) is 24.3 Å². The summed E-state index contributed by atoms with van der Waals surface area (Å²) in [5.74, 6) is 2.44. The lowest BCUT2D eigenvalue weighted by molar-refractivity contribution is 0.373. The van der Waals surface area contributed by atoms with E-state index in [1.807, 2.05) is 18.2 Å². The van der Waals surface area contributed by atoms with Crippen molar-refractivity contribution in [3.8, 4) is 34.3 Å². The van der Waals surface area contributed by atoms with Gasteiger partial charge in [-0.1, -0.05) is 0 Å². The zero-order valence-electron chi connectivity index (χ0n) is 12.5. The largest absolute Gasteiger partial charge is 0.504 e. The molecule has 0 aliphatic carbocycles. The average molecular weight is 300 g/mol. The molecule has 0 spiro atoms. The van der Waals surface area contributed by atoms with Gasteiger partial charge < -0.3 is 23.7 Å². The van der Waals surface area contributed by atoms with Gasteiger partial charge in [0, 0.05) is 17.5 Å². The first-order valence-electron chi connectivity index (χ1n) is 6.69. The van der Waals surface area contributed by atoms with E-state index in [1.165, 1.54) is 7.11 Å². The van der Waals surface area contributed by atoms with Crippen molar-refractivity contribution in [3.05, 3.63) is 36.4 Å². The van der Waals surface area contributed by atoms with Crippen molar-refractivity contribution in [2.75, 3.05) is 21.3 Å². The molecule has 0 bridgehead atoms. The van der Waals surface area contributed by atoms with Gasteiger partial charge in [0.25, 0.3) is 0 Å². The van der Waals surface area contributed by atoms with Crippen LogP contribution in [0.2, 0.25) is 0 Å². The second-order valence-electron chi connectivity index (χ2n) is 4.74. The Balaban J connectivity index is 2.14. The molecule has 1 heterocycles. The standard InChI is InChI=1S/C17H16O5/c1-19-11-4-5-12(15(8-11)20-2)16-7-10-6-13(18)17(21-3)9-14(10)22-16/h4-9,18H,1-3H3. The number of hydrogen-bond donors (Lipinski definition) is 1. The van der Waals surface area contributed by atoms with Crippen molar-refractivity contribution in [3.63, 3.8) is 0 Å². The number of ether oxygens (including phenoxy) is 3. The van der Waals surface area contributed by atoms with E-state index < -0.39 is 0 Å². The molecule has 0 saturated carbocycles. The number of methoxy groups -OCH3 is 3. The molecule has 22 heavy (non-hydrogen) atoms. The fourth-order valence-corrected chi connectivity index (χ4v) is 2.35. The molecule has 0 aliphatic rings. The predicted octanol–water partition coefficient (Wildman–Crippen LogP) is 3.83. The molecule has 5 nitrogen and oxygen atoms in total. The number of aromatic hydroxyl groups is 1. The molecule has 0 atom stereocenters. The van der Waals surface area contributed by atoms with Crippen LogP contribution in [0.25, 0.3) is 22.3 Å². The van der Waals surface area contributed by atoms with E-state index in [0.29, 0.717) is 28.6 Å². The minimum Gasteiger partial charge on any atom is -0.504 e. The van der Waals surface area contributed by atoms with Gasteiger partial charge >= 0.3 is 0 Å². The molecule has 3 rings (SSSR count). The van der Waals surface area contributed by atoms with Crippen LogP contribution in [-0.2, 0) is 0 Å². The fourth-order valence-electron chi connectivity index (χ4n) is 2.35. The summed E-state index contributed by atoms with van der Waals surface area (Å²) in [5.41, 5.74) is 1.43. The summed E-state index contributed by atoms with van der Waals surface area (Å²) in [6.07, 6.45) is 0. The Morgan fingerprint density at radius 2 is 1.64 bits per heavy atom. The van der Waals surface area contributed by atoms with E-state index >= 15 is 0 Å². The summed E-state index contributed by atoms with van der Waals surface area (Å²) < 4.78 is 21.5. The summed E-state index contributed by atoms with van der Waals surface area (Å²) in [6.45, 7) is 0. The van der Waals surface area contributed by atoms with E-state index in [2.05, 4.69) is 0 Å². The molecular formula is C17H16O5. The molecule has 0 saturated heterocycles. The zero-order chi connectivity index (χ0) is 15.7. The van der Waals surface area contributed by atoms with E-state index in [1.54, 1.807) is 32.4 Å². The van der Waals surface area contributed by atoms with Gasteiger partial charge in [-0.2, -0.15) is 0 Å². The van der Waals surface area contributed by atoms with E-state index in [4.69, 9.17) is 18.6 Å². The summed E-state index contributed by atoms with van der Waals surface area (Å²) >= 11 is 0. The highest BCUT2D eigenvalue weighted by molar-refractivity contribution is 5.87. The number of phenols is 1. The first-order valence-corrected chi connectivity index (χ1v) is 6.69. The number of hydrogen-bond acceptors (Lipinski definition) is 5. The van der Waals surface area contributed by atoms with Gasteiger partial charge in [-0.25, -0.2) is 0 Å². The zero-order valence-corrected chi connectivity index (χ0v) is 12.5. The Bertz CT molecular complexity index is 819. The summed E-state index contributed by atoms with van der Waals surface area (Å²) in [7, 11) is 4.69. The third kappa shape index (κ3) is 2.30. The van der Waals surface area contributed by atoms with E-state index in [0.717, 1.165) is 10.9 Å². The predicted molar refractivity (Wildman–Crippen MR) is 83.0 cm³/mol. The van der Waals surface area contributed by atoms with Crippen LogP contribution < -0.4 is 14.2 Å². The maximum Gasteiger partial charge on any atom is 0.164 e. The van der Waals surface area contributed by atoms with Crippen molar-refractivity contribution < 1.29 is 23.7 Å². The Labute approximate surface area is 127 Å². The van der Waals surface area contributed by atoms with Crippen LogP contribution in [0.4, 0.5) is 0 Å². The molecule has 0 amide bonds. The van der Waals surface area contributed by atoms with Gasteiger partial charge in [0.05, 0.1) is 26.9 Å². The number of rotatable bonds is 4. The van der Waals surface area contributed by atoms with Crippen LogP contribution in [0.5, 0.6) is 23.0 Å². The highest BCUT2D eigenvalue weighted by Gasteiger charge is 2.14. The summed E-state index contributed by atoms with van der Waals surface area (Å²) in [5, 5.41) is 10.6. The number of phenolic OH excluding ortho intramolecular Hbond substituents is 1. The van der Waals surface area contributed by atoms with Gasteiger partial charge in [0.2, 0.25) is 0 Å². The smallest absolute Gasteiger partial charge is 0.164 e. The van der Waals surface area contributed by atoms with Crippen molar-refractivity contribution >= 4 is 11.0 Å². The molecule has 1 aromatic heterocycles. The molecule has 0 unspecified atom stereocenters. The molecular weight excluding hydrogens is 284 g/mol. The second-order valence-corrected chi connectivity index (χ2v) is 4.74. The van der Waals surface area contributed by atoms with Gasteiger partial charge in [0.15, 0.2) is 11.5 Å². The Kier molecular flexibility index (Phi) is 3.55. The molecule has 2 aromatic carbocycles. The van der Waals surface area contributed by atoms with Crippen molar-refractivity contribution in [1.82, 2.24) is 0 Å². The SMILES string of the molecule is COc1ccc(-c2cc3cc(O)c(OC)cc3o2)c(OC)c1. The first kappa shape index (κ1) is 14.1. The van der Waals surface area contributed by atoms with Crippen LogP contribution in [0.3, 0.4) is 0 Å². The van der Waals surface area contributed by atoms with Gasteiger partial charge in [0.1, 0.15) is 22.8 Å². The lowest BCUT2D eigenvalue weighted by atomic mass is 10.1. The maximum absolute atomic E-state index is 9.85. The quantitative estimate of drug-likeness (QED) is 0.793. The van der Waals surface area contributed by atoms with Crippen LogP contribution in [0.1, 0.15) is 0 Å². The monoisotopic (exact) mass is 300 g/mol. The summed E-state index contributed by atoms with van der Waals surface area (Å²) in [4.78, 5) is 0. The first-order chi connectivity index (χ1) is 10.7. The molecule has 114 valence electrons. The molecule has 0 aliphatic heterocycles. The highest BCUT2D eigenvalue weighted by Crippen LogP contribution is 2.39. The number of benzene rings is 2. The Morgan fingerprint density at radius 3 is 2.32 bits per heavy atom. The molecule has 5 heteroatoms. The normalized spacial score (nSPS) is 10.7. The second kappa shape index (κ2) is 5.52. The lowest BCUT2D eigenvalue weighted by Crippen LogP contribution is -1.89. The van der Waals surface area contributed by atoms with Crippen LogP contribution in [0.15, 0.2) is 40.8 Å². The van der Waals surface area contributed by atoms with Crippen LogP contribution >= 0.6 is 0 Å².